The van der Waals surface area contributed by atoms with Gasteiger partial charge in [-0.2, -0.15) is 0 Å². The van der Waals surface area contributed by atoms with Gasteiger partial charge in [0.05, 0.1) is 6.20 Å². The van der Waals surface area contributed by atoms with Gasteiger partial charge in [0.2, 0.25) is 10.0 Å². The van der Waals surface area contributed by atoms with E-state index >= 15 is 0 Å². The monoisotopic (exact) mass is 326 g/mol. The molecule has 9 nitrogen and oxygen atoms in total. The second-order valence-corrected chi connectivity index (χ2v) is 7.15. The first-order valence-electron chi connectivity index (χ1n) is 7.05. The van der Waals surface area contributed by atoms with Crippen LogP contribution in [0.5, 0.6) is 0 Å². The second kappa shape index (κ2) is 5.69. The van der Waals surface area contributed by atoms with Crippen molar-refractivity contribution >= 4 is 15.8 Å². The van der Waals surface area contributed by atoms with E-state index in [1.165, 1.54) is 6.92 Å². The Kier molecular flexibility index (Phi) is 3.87. The van der Waals surface area contributed by atoms with Gasteiger partial charge in [-0.3, -0.25) is 4.68 Å². The minimum Gasteiger partial charge on any atom is -0.380 e. The predicted molar refractivity (Wildman–Crippen MR) is 77.1 cm³/mol. The van der Waals surface area contributed by atoms with E-state index in [-0.39, 0.29) is 28.4 Å². The molecule has 2 heterocycles. The number of nitrogens with zero attached hydrogens (tertiary/aromatic N) is 4. The molecule has 0 spiro atoms. The molecule has 10 heteroatoms. The SMILES string of the molecule is Cc1onc(N)c1S(=O)(=O)N[C@@H]1CCC[C@@H]1Cn1ccnn1. The lowest BCUT2D eigenvalue weighted by atomic mass is 10.1. The van der Waals surface area contributed by atoms with E-state index in [2.05, 4.69) is 20.2 Å². The van der Waals surface area contributed by atoms with Gasteiger partial charge in [0, 0.05) is 18.8 Å². The van der Waals surface area contributed by atoms with Crippen molar-refractivity contribution in [3.63, 3.8) is 0 Å². The molecule has 1 fully saturated rings. The van der Waals surface area contributed by atoms with Crippen molar-refractivity contribution in [1.29, 1.82) is 0 Å². The molecule has 0 aliphatic heterocycles. The molecular weight excluding hydrogens is 308 g/mol. The summed E-state index contributed by atoms with van der Waals surface area (Å²) < 4.78 is 34.3. The van der Waals surface area contributed by atoms with Gasteiger partial charge < -0.3 is 10.3 Å². The van der Waals surface area contributed by atoms with Gasteiger partial charge in [0.15, 0.2) is 16.5 Å². The Bertz CT molecular complexity index is 720. The van der Waals surface area contributed by atoms with Crippen LogP contribution in [0.1, 0.15) is 25.0 Å². The van der Waals surface area contributed by atoms with E-state index in [0.717, 1.165) is 19.3 Å². The lowest BCUT2D eigenvalue weighted by Gasteiger charge is -2.20. The number of rotatable bonds is 5. The topological polar surface area (TPSA) is 129 Å². The van der Waals surface area contributed by atoms with Gasteiger partial charge in [0.1, 0.15) is 0 Å². The number of hydrogen-bond acceptors (Lipinski definition) is 7. The van der Waals surface area contributed by atoms with Gasteiger partial charge in [-0.05, 0) is 25.7 Å². The molecular formula is C12H18N6O3S. The van der Waals surface area contributed by atoms with Crippen LogP contribution in [0.2, 0.25) is 0 Å². The number of aryl methyl sites for hydroxylation is 1. The highest BCUT2D eigenvalue weighted by atomic mass is 32.2. The van der Waals surface area contributed by atoms with E-state index < -0.39 is 10.0 Å². The molecule has 2 aromatic heterocycles. The van der Waals surface area contributed by atoms with Crippen LogP contribution >= 0.6 is 0 Å². The first-order valence-corrected chi connectivity index (χ1v) is 8.54. The average Bonchev–Trinajstić information content (AvgIpc) is 3.15. The molecule has 2 atom stereocenters. The Balaban J connectivity index is 1.76. The minimum atomic E-state index is -3.75. The summed E-state index contributed by atoms with van der Waals surface area (Å²) >= 11 is 0. The second-order valence-electron chi connectivity index (χ2n) is 5.50. The van der Waals surface area contributed by atoms with Crippen molar-refractivity contribution < 1.29 is 12.9 Å². The van der Waals surface area contributed by atoms with Gasteiger partial charge in [-0.15, -0.1) is 5.10 Å². The van der Waals surface area contributed by atoms with E-state index in [9.17, 15) is 8.42 Å². The maximum absolute atomic E-state index is 12.5. The highest BCUT2D eigenvalue weighted by Gasteiger charge is 2.34. The minimum absolute atomic E-state index is 0.0705. The largest absolute Gasteiger partial charge is 0.380 e. The average molecular weight is 326 g/mol. The van der Waals surface area contributed by atoms with Crippen LogP contribution in [-0.4, -0.2) is 34.6 Å². The number of hydrogen-bond donors (Lipinski definition) is 2. The van der Waals surface area contributed by atoms with Crippen molar-refractivity contribution in [1.82, 2.24) is 24.9 Å². The molecule has 22 heavy (non-hydrogen) atoms. The Morgan fingerprint density at radius 3 is 2.95 bits per heavy atom. The molecule has 0 unspecified atom stereocenters. The summed E-state index contributed by atoms with van der Waals surface area (Å²) in [5, 5.41) is 11.2. The number of nitrogens with one attached hydrogen (secondary N) is 1. The van der Waals surface area contributed by atoms with E-state index in [1.54, 1.807) is 17.1 Å². The van der Waals surface area contributed by atoms with E-state index in [1.807, 2.05) is 0 Å². The standard InChI is InChI=1S/C12H18N6O3S/c1-8-11(12(13)15-21-8)22(19,20)16-10-4-2-3-9(10)7-18-6-5-14-17-18/h5-6,9-10,16H,2-4,7H2,1H3,(H2,13,15)/t9-,10-/m1/s1. The molecule has 0 bridgehead atoms. The van der Waals surface area contributed by atoms with Crippen LogP contribution in [0.4, 0.5) is 5.82 Å². The van der Waals surface area contributed by atoms with Crippen LogP contribution in [0.15, 0.2) is 21.8 Å². The first-order chi connectivity index (χ1) is 10.5. The maximum atomic E-state index is 12.5. The van der Waals surface area contributed by atoms with Crippen molar-refractivity contribution in [2.24, 2.45) is 5.92 Å². The summed E-state index contributed by atoms with van der Waals surface area (Å²) in [6.07, 6.45) is 6.06. The molecule has 1 saturated carbocycles. The number of anilines is 1. The smallest absolute Gasteiger partial charge is 0.248 e. The third kappa shape index (κ3) is 2.83. The molecule has 2 aromatic rings. The van der Waals surface area contributed by atoms with Crippen LogP contribution in [0.3, 0.4) is 0 Å². The van der Waals surface area contributed by atoms with Crippen molar-refractivity contribution in [3.8, 4) is 0 Å². The molecule has 0 amide bonds. The number of nitrogens with two attached hydrogens (primary N) is 1. The molecule has 0 radical (unpaired) electrons. The zero-order chi connectivity index (χ0) is 15.7. The van der Waals surface area contributed by atoms with Crippen molar-refractivity contribution in [2.45, 2.75) is 43.7 Å². The van der Waals surface area contributed by atoms with Crippen LogP contribution < -0.4 is 10.5 Å². The van der Waals surface area contributed by atoms with Gasteiger partial charge in [-0.25, -0.2) is 13.1 Å². The summed E-state index contributed by atoms with van der Waals surface area (Å²) in [6.45, 7) is 2.16. The predicted octanol–water partition coefficient (Wildman–Crippen LogP) is 0.304. The lowest BCUT2D eigenvalue weighted by Crippen LogP contribution is -2.39. The Morgan fingerprint density at radius 2 is 2.32 bits per heavy atom. The Labute approximate surface area is 127 Å². The van der Waals surface area contributed by atoms with Crippen molar-refractivity contribution in [2.75, 3.05) is 5.73 Å². The fraction of sp³-hybridized carbons (Fsp3) is 0.583. The Morgan fingerprint density at radius 1 is 1.50 bits per heavy atom. The Hall–Kier alpha value is -1.94. The summed E-state index contributed by atoms with van der Waals surface area (Å²) in [6, 6.07) is -0.164. The highest BCUT2D eigenvalue weighted by Crippen LogP contribution is 2.29. The zero-order valence-electron chi connectivity index (χ0n) is 12.1. The van der Waals surface area contributed by atoms with Crippen LogP contribution in [0, 0.1) is 12.8 Å². The number of aromatic nitrogens is 4. The molecule has 3 N–H and O–H groups in total. The lowest BCUT2D eigenvalue weighted by molar-refractivity contribution is 0.367. The van der Waals surface area contributed by atoms with Crippen molar-refractivity contribution in [3.05, 3.63) is 18.2 Å². The summed E-state index contributed by atoms with van der Waals surface area (Å²) in [4.78, 5) is -0.0705. The van der Waals surface area contributed by atoms with Gasteiger partial charge >= 0.3 is 0 Å². The number of nitrogen functional groups attached to an aromatic ring is 1. The molecule has 3 rings (SSSR count). The van der Waals surface area contributed by atoms with E-state index in [4.69, 9.17) is 10.3 Å². The summed E-state index contributed by atoms with van der Waals surface area (Å²) in [5.74, 6) is 0.240. The van der Waals surface area contributed by atoms with Gasteiger partial charge in [0.25, 0.3) is 0 Å². The normalized spacial score (nSPS) is 22.2. The fourth-order valence-corrected chi connectivity index (χ4v) is 4.50. The first kappa shape index (κ1) is 15.0. The molecule has 1 aliphatic carbocycles. The van der Waals surface area contributed by atoms with E-state index in [0.29, 0.717) is 6.54 Å². The fourth-order valence-electron chi connectivity index (χ4n) is 2.95. The van der Waals surface area contributed by atoms with Crippen LogP contribution in [-0.2, 0) is 16.6 Å². The van der Waals surface area contributed by atoms with Crippen LogP contribution in [0.25, 0.3) is 0 Å². The molecule has 0 aromatic carbocycles. The highest BCUT2D eigenvalue weighted by molar-refractivity contribution is 7.89. The molecule has 1 aliphatic rings. The summed E-state index contributed by atoms with van der Waals surface area (Å²) in [7, 11) is -3.75. The third-order valence-corrected chi connectivity index (χ3v) is 5.61. The quantitative estimate of drug-likeness (QED) is 0.808. The molecule has 120 valence electrons. The number of sulfonamides is 1. The maximum Gasteiger partial charge on any atom is 0.248 e. The van der Waals surface area contributed by atoms with Gasteiger partial charge in [-0.1, -0.05) is 16.8 Å². The molecule has 0 saturated heterocycles. The zero-order valence-corrected chi connectivity index (χ0v) is 13.0. The third-order valence-electron chi connectivity index (χ3n) is 3.96. The summed E-state index contributed by atoms with van der Waals surface area (Å²) in [5.41, 5.74) is 5.60.